The smallest absolute Gasteiger partial charge is 0.248 e. The number of amides is 1. The Bertz CT molecular complexity index is 824. The van der Waals surface area contributed by atoms with E-state index >= 15 is 0 Å². The highest BCUT2D eigenvalue weighted by Crippen LogP contribution is 2.22. The van der Waals surface area contributed by atoms with Crippen molar-refractivity contribution in [2.24, 2.45) is 5.16 Å². The van der Waals surface area contributed by atoms with Crippen LogP contribution in [-0.2, 0) is 20.9 Å². The van der Waals surface area contributed by atoms with Gasteiger partial charge in [-0.15, -0.1) is 0 Å². The van der Waals surface area contributed by atoms with Crippen LogP contribution in [0.2, 0.25) is 10.0 Å². The number of oxime groups is 1. The number of carbonyl (C=O) groups is 1. The monoisotopic (exact) mass is 406 g/mol. The van der Waals surface area contributed by atoms with Gasteiger partial charge in [0.1, 0.15) is 6.61 Å². The van der Waals surface area contributed by atoms with Crippen LogP contribution in [0.15, 0.2) is 53.7 Å². The highest BCUT2D eigenvalue weighted by Gasteiger charge is 2.27. The molecule has 0 bridgehead atoms. The summed E-state index contributed by atoms with van der Waals surface area (Å²) in [5, 5.41) is 5.47. The van der Waals surface area contributed by atoms with Gasteiger partial charge in [0.25, 0.3) is 0 Å². The maximum absolute atomic E-state index is 12.5. The molecule has 142 valence electrons. The van der Waals surface area contributed by atoms with Crippen molar-refractivity contribution in [3.05, 3.63) is 69.7 Å². The molecule has 0 saturated heterocycles. The number of methoxy groups -OCH3 is 1. The SMILES string of the molecule is COCC(=O)N(Cc1ccccc1Cl)C[C@H]1CC(c2ccc(Cl)cc2)=NO1. The number of hydrogen-bond donors (Lipinski definition) is 0. The first kappa shape index (κ1) is 19.7. The normalized spacial score (nSPS) is 16.0. The number of hydrogen-bond acceptors (Lipinski definition) is 4. The lowest BCUT2D eigenvalue weighted by Gasteiger charge is -2.25. The molecule has 1 amide bonds. The molecule has 0 saturated carbocycles. The van der Waals surface area contributed by atoms with Crippen molar-refractivity contribution in [1.82, 2.24) is 4.90 Å². The topological polar surface area (TPSA) is 51.1 Å². The van der Waals surface area contributed by atoms with Crippen molar-refractivity contribution in [1.29, 1.82) is 0 Å². The summed E-state index contributed by atoms with van der Waals surface area (Å²) < 4.78 is 5.01. The van der Waals surface area contributed by atoms with Gasteiger partial charge in [0.2, 0.25) is 5.91 Å². The van der Waals surface area contributed by atoms with Crippen LogP contribution in [0.3, 0.4) is 0 Å². The molecule has 0 radical (unpaired) electrons. The molecule has 0 aromatic heterocycles. The third-order valence-electron chi connectivity index (χ3n) is 4.27. The molecule has 3 rings (SSSR count). The Morgan fingerprint density at radius 3 is 2.67 bits per heavy atom. The van der Waals surface area contributed by atoms with Crippen molar-refractivity contribution in [3.63, 3.8) is 0 Å². The zero-order valence-corrected chi connectivity index (χ0v) is 16.4. The number of nitrogens with zero attached hydrogens (tertiary/aromatic N) is 2. The van der Waals surface area contributed by atoms with E-state index in [1.807, 2.05) is 48.5 Å². The molecule has 7 heteroatoms. The second-order valence-corrected chi connectivity index (χ2v) is 7.12. The lowest BCUT2D eigenvalue weighted by molar-refractivity contribution is -0.137. The minimum Gasteiger partial charge on any atom is -0.390 e. The molecule has 2 aromatic carbocycles. The zero-order valence-electron chi connectivity index (χ0n) is 14.9. The van der Waals surface area contributed by atoms with Crippen LogP contribution in [0.25, 0.3) is 0 Å². The second kappa shape index (κ2) is 9.22. The van der Waals surface area contributed by atoms with E-state index in [9.17, 15) is 4.79 Å². The van der Waals surface area contributed by atoms with Crippen LogP contribution in [0, 0.1) is 0 Å². The van der Waals surface area contributed by atoms with Crippen molar-refractivity contribution in [3.8, 4) is 0 Å². The number of ether oxygens (including phenoxy) is 1. The third-order valence-corrected chi connectivity index (χ3v) is 4.89. The van der Waals surface area contributed by atoms with Crippen LogP contribution in [0.1, 0.15) is 17.5 Å². The minimum absolute atomic E-state index is 0.00205. The van der Waals surface area contributed by atoms with Gasteiger partial charge < -0.3 is 14.5 Å². The van der Waals surface area contributed by atoms with E-state index in [1.165, 1.54) is 7.11 Å². The predicted molar refractivity (Wildman–Crippen MR) is 106 cm³/mol. The van der Waals surface area contributed by atoms with E-state index in [4.69, 9.17) is 32.8 Å². The fraction of sp³-hybridized carbons (Fsp3) is 0.300. The first-order valence-corrected chi connectivity index (χ1v) is 9.31. The van der Waals surface area contributed by atoms with Gasteiger partial charge in [-0.25, -0.2) is 0 Å². The van der Waals surface area contributed by atoms with Crippen LogP contribution in [0.5, 0.6) is 0 Å². The van der Waals surface area contributed by atoms with E-state index in [2.05, 4.69) is 5.16 Å². The molecule has 5 nitrogen and oxygen atoms in total. The van der Waals surface area contributed by atoms with Gasteiger partial charge in [-0.2, -0.15) is 0 Å². The predicted octanol–water partition coefficient (Wildman–Crippen LogP) is 4.16. The van der Waals surface area contributed by atoms with E-state index in [-0.39, 0.29) is 18.6 Å². The number of carbonyl (C=O) groups excluding carboxylic acids is 1. The highest BCUT2D eigenvalue weighted by atomic mass is 35.5. The average Bonchev–Trinajstić information content (AvgIpc) is 3.12. The molecule has 1 atom stereocenters. The fourth-order valence-corrected chi connectivity index (χ4v) is 3.21. The quantitative estimate of drug-likeness (QED) is 0.693. The van der Waals surface area contributed by atoms with Gasteiger partial charge in [0, 0.05) is 30.1 Å². The summed E-state index contributed by atoms with van der Waals surface area (Å²) in [5.41, 5.74) is 2.68. The lowest BCUT2D eigenvalue weighted by atomic mass is 10.0. The number of rotatable bonds is 7. The van der Waals surface area contributed by atoms with Crippen molar-refractivity contribution in [2.75, 3.05) is 20.3 Å². The molecule has 1 aliphatic rings. The zero-order chi connectivity index (χ0) is 19.2. The molecule has 0 unspecified atom stereocenters. The van der Waals surface area contributed by atoms with Gasteiger partial charge in [-0.05, 0) is 29.3 Å². The lowest BCUT2D eigenvalue weighted by Crippen LogP contribution is -2.39. The van der Waals surface area contributed by atoms with Crippen LogP contribution >= 0.6 is 23.2 Å². The first-order valence-electron chi connectivity index (χ1n) is 8.55. The summed E-state index contributed by atoms with van der Waals surface area (Å²) in [5.74, 6) is -0.124. The van der Waals surface area contributed by atoms with Gasteiger partial charge >= 0.3 is 0 Å². The average molecular weight is 407 g/mol. The standard InChI is InChI=1S/C20H20Cl2N2O3/c1-26-13-20(25)24(11-15-4-2-3-5-18(15)22)12-17-10-19(23-27-17)14-6-8-16(21)9-7-14/h2-9,17H,10-13H2,1H3/t17-/m1/s1. The van der Waals surface area contributed by atoms with Gasteiger partial charge in [0.05, 0.1) is 12.3 Å². The molecular weight excluding hydrogens is 387 g/mol. The maximum atomic E-state index is 12.5. The molecule has 1 heterocycles. The fourth-order valence-electron chi connectivity index (χ4n) is 2.89. The first-order chi connectivity index (χ1) is 13.1. The van der Waals surface area contributed by atoms with Crippen molar-refractivity contribution >= 4 is 34.8 Å². The van der Waals surface area contributed by atoms with Crippen LogP contribution < -0.4 is 0 Å². The molecule has 0 spiro atoms. The van der Waals surface area contributed by atoms with Crippen molar-refractivity contribution < 1.29 is 14.4 Å². The number of halogens is 2. The molecule has 0 fully saturated rings. The molecule has 27 heavy (non-hydrogen) atoms. The van der Waals surface area contributed by atoms with Crippen molar-refractivity contribution in [2.45, 2.75) is 19.1 Å². The Kier molecular flexibility index (Phi) is 6.72. The molecule has 2 aromatic rings. The summed E-state index contributed by atoms with van der Waals surface area (Å²) in [4.78, 5) is 19.7. The van der Waals surface area contributed by atoms with E-state index in [0.717, 1.165) is 16.8 Å². The third kappa shape index (κ3) is 5.22. The Morgan fingerprint density at radius 1 is 1.22 bits per heavy atom. The van der Waals surface area contributed by atoms with Gasteiger partial charge in [0.15, 0.2) is 6.10 Å². The summed E-state index contributed by atoms with van der Waals surface area (Å²) in [6.07, 6.45) is 0.389. The summed E-state index contributed by atoms with van der Waals surface area (Å²) in [7, 11) is 1.50. The number of benzene rings is 2. The Labute approximate surface area is 168 Å². The van der Waals surface area contributed by atoms with E-state index in [0.29, 0.717) is 29.6 Å². The Hall–Kier alpha value is -2.08. The van der Waals surface area contributed by atoms with Crippen LogP contribution in [-0.4, -0.2) is 42.9 Å². The van der Waals surface area contributed by atoms with Gasteiger partial charge in [-0.3, -0.25) is 4.79 Å². The van der Waals surface area contributed by atoms with E-state index in [1.54, 1.807) is 4.90 Å². The molecule has 0 N–H and O–H groups in total. The summed E-state index contributed by atoms with van der Waals surface area (Å²) in [6.45, 7) is 0.786. The summed E-state index contributed by atoms with van der Waals surface area (Å²) >= 11 is 12.2. The molecule has 1 aliphatic heterocycles. The van der Waals surface area contributed by atoms with Gasteiger partial charge in [-0.1, -0.05) is 58.7 Å². The largest absolute Gasteiger partial charge is 0.390 e. The van der Waals surface area contributed by atoms with E-state index < -0.39 is 0 Å². The van der Waals surface area contributed by atoms with Crippen LogP contribution in [0.4, 0.5) is 0 Å². The summed E-state index contributed by atoms with van der Waals surface area (Å²) in [6, 6.07) is 14.9. The maximum Gasteiger partial charge on any atom is 0.248 e. The Morgan fingerprint density at radius 2 is 1.96 bits per heavy atom. The molecule has 0 aliphatic carbocycles. The molecular formula is C20H20Cl2N2O3. The Balaban J connectivity index is 1.67. The minimum atomic E-state index is -0.223. The highest BCUT2D eigenvalue weighted by molar-refractivity contribution is 6.31. The second-order valence-electron chi connectivity index (χ2n) is 6.28.